The Balaban J connectivity index is 7.25. The smallest absolute Gasteiger partial charge is 0.303 e. The van der Waals surface area contributed by atoms with E-state index in [1.807, 2.05) is 0 Å². The molecule has 0 aromatic heterocycles. The first kappa shape index (κ1) is 24.4. The zero-order chi connectivity index (χ0) is 20.5. The molecule has 2 nitrogen and oxygen atoms in total. The first-order valence-electron chi connectivity index (χ1n) is 7.43. The summed E-state index contributed by atoms with van der Waals surface area (Å²) < 4.78 is 136. The third kappa shape index (κ3) is 3.50. The van der Waals surface area contributed by atoms with E-state index in [2.05, 4.69) is 0 Å². The third-order valence-corrected chi connectivity index (χ3v) is 9.44. The molecule has 0 radical (unpaired) electrons. The second kappa shape index (κ2) is 7.59. The molecule has 0 aromatic rings. The summed E-state index contributed by atoms with van der Waals surface area (Å²) in [4.78, 5) is 0. The highest BCUT2D eigenvalue weighted by Gasteiger charge is 2.90. The number of hydrogen-bond acceptors (Lipinski definition) is 2. The molecule has 0 amide bonds. The van der Waals surface area contributed by atoms with Gasteiger partial charge in [0.25, 0.3) is 0 Å². The maximum absolute atomic E-state index is 14.4. The van der Waals surface area contributed by atoms with Crippen LogP contribution in [0.25, 0.3) is 0 Å². The van der Waals surface area contributed by atoms with Gasteiger partial charge in [-0.1, -0.05) is 27.7 Å². The molecule has 0 saturated heterocycles. The van der Waals surface area contributed by atoms with Gasteiger partial charge in [-0.3, -0.25) is 0 Å². The topological polar surface area (TPSA) is 6.48 Å². The van der Waals surface area contributed by atoms with E-state index >= 15 is 0 Å². The van der Waals surface area contributed by atoms with Crippen LogP contribution in [0.4, 0.5) is 43.9 Å². The standard InChI is InChI=1S/C12H20F10N2Si/c1-5-23(6-2)25(24(7-3)8-4,11(19,20)9(13,14)15)12(21,22)10(16,17)18/h5-8H2,1-4H3. The van der Waals surface area contributed by atoms with E-state index in [-0.39, 0.29) is 9.13 Å². The van der Waals surface area contributed by atoms with Gasteiger partial charge in [0.1, 0.15) is 0 Å². The van der Waals surface area contributed by atoms with E-state index in [1.54, 1.807) is 0 Å². The van der Waals surface area contributed by atoms with Crippen LogP contribution >= 0.6 is 0 Å². The minimum Gasteiger partial charge on any atom is -0.303 e. The van der Waals surface area contributed by atoms with Crippen molar-refractivity contribution in [2.75, 3.05) is 26.2 Å². The van der Waals surface area contributed by atoms with Crippen LogP contribution < -0.4 is 0 Å². The molecule has 0 spiro atoms. The number of halogens is 10. The molecule has 0 atom stereocenters. The van der Waals surface area contributed by atoms with E-state index in [4.69, 9.17) is 0 Å². The van der Waals surface area contributed by atoms with E-state index in [0.29, 0.717) is 0 Å². The van der Waals surface area contributed by atoms with Crippen molar-refractivity contribution in [2.45, 2.75) is 51.1 Å². The minimum absolute atomic E-state index is 0.0407. The van der Waals surface area contributed by atoms with Gasteiger partial charge in [-0.15, -0.1) is 0 Å². The second-order valence-electron chi connectivity index (χ2n) is 5.16. The van der Waals surface area contributed by atoms with Crippen molar-refractivity contribution < 1.29 is 43.9 Å². The van der Waals surface area contributed by atoms with Crippen LogP contribution in [0.1, 0.15) is 27.7 Å². The van der Waals surface area contributed by atoms with E-state index in [0.717, 1.165) is 27.7 Å². The van der Waals surface area contributed by atoms with Crippen molar-refractivity contribution in [1.82, 2.24) is 9.13 Å². The Labute approximate surface area is 139 Å². The molecule has 0 saturated carbocycles. The molecular formula is C12H20F10N2Si. The van der Waals surface area contributed by atoms with Crippen LogP contribution in [0.15, 0.2) is 0 Å². The summed E-state index contributed by atoms with van der Waals surface area (Å²) in [5.41, 5.74) is -12.5. The zero-order valence-electron chi connectivity index (χ0n) is 14.0. The largest absolute Gasteiger partial charge is 0.452 e. The Bertz CT molecular complexity index is 387. The number of alkyl halides is 10. The van der Waals surface area contributed by atoms with Crippen LogP contribution in [0.5, 0.6) is 0 Å². The van der Waals surface area contributed by atoms with Crippen LogP contribution in [-0.4, -0.2) is 67.2 Å². The summed E-state index contributed by atoms with van der Waals surface area (Å²) in [6, 6.07) is 0. The lowest BCUT2D eigenvalue weighted by Crippen LogP contribution is -2.88. The maximum atomic E-state index is 14.4. The highest BCUT2D eigenvalue weighted by Crippen LogP contribution is 2.55. The Hall–Kier alpha value is -0.563. The van der Waals surface area contributed by atoms with Gasteiger partial charge in [-0.2, -0.15) is 43.9 Å². The summed E-state index contributed by atoms with van der Waals surface area (Å²) in [6.07, 6.45) is -13.1. The molecule has 0 aliphatic carbocycles. The summed E-state index contributed by atoms with van der Waals surface area (Å²) in [6.45, 7) is 0.572. The molecule has 0 aliphatic rings. The predicted molar refractivity (Wildman–Crippen MR) is 73.6 cm³/mol. The maximum Gasteiger partial charge on any atom is 0.452 e. The van der Waals surface area contributed by atoms with Gasteiger partial charge in [0, 0.05) is 0 Å². The monoisotopic (exact) mass is 410 g/mol. The molecule has 0 bridgehead atoms. The molecule has 0 fully saturated rings. The quantitative estimate of drug-likeness (QED) is 0.427. The average molecular weight is 410 g/mol. The van der Waals surface area contributed by atoms with Gasteiger partial charge in [-0.25, -0.2) is 0 Å². The molecular weight excluding hydrogens is 390 g/mol. The minimum atomic E-state index is -7.03. The van der Waals surface area contributed by atoms with E-state index < -0.39 is 58.0 Å². The Kier molecular flexibility index (Phi) is 7.42. The lowest BCUT2D eigenvalue weighted by atomic mass is 10.6. The number of rotatable bonds is 8. The molecule has 152 valence electrons. The fourth-order valence-corrected chi connectivity index (χ4v) is 7.95. The molecule has 25 heavy (non-hydrogen) atoms. The predicted octanol–water partition coefficient (Wildman–Crippen LogP) is 4.59. The fraction of sp³-hybridized carbons (Fsp3) is 1.00. The van der Waals surface area contributed by atoms with Crippen molar-refractivity contribution in [3.8, 4) is 0 Å². The normalized spacial score (nSPS) is 15.4. The first-order chi connectivity index (χ1) is 11.0. The van der Waals surface area contributed by atoms with Crippen molar-refractivity contribution in [2.24, 2.45) is 0 Å². The van der Waals surface area contributed by atoms with Gasteiger partial charge >= 0.3 is 31.8 Å². The lowest BCUT2D eigenvalue weighted by Gasteiger charge is -2.53. The van der Waals surface area contributed by atoms with Crippen molar-refractivity contribution in [3.63, 3.8) is 0 Å². The number of hydrogen-bond donors (Lipinski definition) is 0. The highest BCUT2D eigenvalue weighted by atomic mass is 28.4. The Morgan fingerprint density at radius 2 is 0.720 bits per heavy atom. The van der Waals surface area contributed by atoms with Crippen molar-refractivity contribution in [1.29, 1.82) is 0 Å². The summed E-state index contributed by atoms with van der Waals surface area (Å²) in [5, 5.41) is 0. The summed E-state index contributed by atoms with van der Waals surface area (Å²) in [5.74, 6) is 0. The fourth-order valence-electron chi connectivity index (χ4n) is 2.95. The molecule has 13 heteroatoms. The van der Waals surface area contributed by atoms with Gasteiger partial charge in [0.15, 0.2) is 0 Å². The van der Waals surface area contributed by atoms with Crippen LogP contribution in [0.2, 0.25) is 0 Å². The third-order valence-electron chi connectivity index (χ3n) is 4.03. The Morgan fingerprint density at radius 3 is 0.840 bits per heavy atom. The van der Waals surface area contributed by atoms with E-state index in [1.165, 1.54) is 0 Å². The molecule has 0 unspecified atom stereocenters. The number of nitrogens with zero attached hydrogens (tertiary/aromatic N) is 2. The summed E-state index contributed by atoms with van der Waals surface area (Å²) >= 11 is 0. The molecule has 0 rings (SSSR count). The average Bonchev–Trinajstić information content (AvgIpc) is 2.44. The summed E-state index contributed by atoms with van der Waals surface area (Å²) in [7, 11) is -7.03. The Morgan fingerprint density at radius 1 is 0.520 bits per heavy atom. The molecule has 0 heterocycles. The first-order valence-corrected chi connectivity index (χ1v) is 9.32. The molecule has 0 aromatic carbocycles. The van der Waals surface area contributed by atoms with Gasteiger partial charge < -0.3 is 9.13 Å². The van der Waals surface area contributed by atoms with Crippen LogP contribution in [0.3, 0.4) is 0 Å². The molecule has 0 N–H and O–H groups in total. The van der Waals surface area contributed by atoms with Crippen LogP contribution in [0, 0.1) is 0 Å². The lowest BCUT2D eigenvalue weighted by molar-refractivity contribution is -0.286. The van der Waals surface area contributed by atoms with Gasteiger partial charge in [0.05, 0.1) is 0 Å². The van der Waals surface area contributed by atoms with Crippen molar-refractivity contribution in [3.05, 3.63) is 0 Å². The zero-order valence-corrected chi connectivity index (χ0v) is 15.0. The van der Waals surface area contributed by atoms with Crippen LogP contribution in [-0.2, 0) is 0 Å². The molecule has 0 aliphatic heterocycles. The van der Waals surface area contributed by atoms with E-state index in [9.17, 15) is 43.9 Å². The van der Waals surface area contributed by atoms with Crippen molar-refractivity contribution >= 4 is 8.40 Å². The van der Waals surface area contributed by atoms with Gasteiger partial charge in [-0.05, 0) is 26.2 Å². The second-order valence-corrected chi connectivity index (χ2v) is 9.03. The SMILES string of the molecule is CCN(CC)[Si](N(CC)CC)(C(F)(F)C(F)(F)F)C(F)(F)C(F)(F)F. The van der Waals surface area contributed by atoms with Gasteiger partial charge in [0.2, 0.25) is 0 Å². The highest BCUT2D eigenvalue weighted by molar-refractivity contribution is 6.79.